The summed E-state index contributed by atoms with van der Waals surface area (Å²) in [7, 11) is 0. The van der Waals surface area contributed by atoms with E-state index in [1.807, 2.05) is 66.7 Å². The molecular weight excluding hydrogens is 372 g/mol. The standard InChI is InChI=1S/C22H19ClN4O/c23-17-10-4-5-11-18(17)26-22(28)24-14-15-27-20-13-7-6-12-19(20)25-21(27)16-8-2-1-3-9-16/h1-13H,14-15H2,(H2,24,26,28). The molecule has 0 spiro atoms. The van der Waals surface area contributed by atoms with Gasteiger partial charge in [0.2, 0.25) is 0 Å². The minimum Gasteiger partial charge on any atom is -0.336 e. The Balaban J connectivity index is 1.50. The zero-order chi connectivity index (χ0) is 19.3. The number of carbonyl (C=O) groups excluding carboxylic acids is 1. The van der Waals surface area contributed by atoms with Crippen LogP contribution in [0.15, 0.2) is 78.9 Å². The topological polar surface area (TPSA) is 59.0 Å². The van der Waals surface area contributed by atoms with Crippen molar-refractivity contribution in [1.29, 1.82) is 0 Å². The van der Waals surface area contributed by atoms with Gasteiger partial charge in [0, 0.05) is 18.7 Å². The zero-order valence-corrected chi connectivity index (χ0v) is 15.9. The van der Waals surface area contributed by atoms with E-state index in [2.05, 4.69) is 15.2 Å². The summed E-state index contributed by atoms with van der Waals surface area (Å²) in [6.45, 7) is 1.05. The van der Waals surface area contributed by atoms with E-state index in [1.165, 1.54) is 0 Å². The molecule has 0 fully saturated rings. The van der Waals surface area contributed by atoms with Crippen LogP contribution in [0, 0.1) is 0 Å². The number of fused-ring (bicyclic) bond motifs is 1. The molecule has 1 heterocycles. The number of halogens is 1. The Kier molecular flexibility index (Phi) is 5.26. The summed E-state index contributed by atoms with van der Waals surface area (Å²) in [4.78, 5) is 17.0. The predicted molar refractivity (Wildman–Crippen MR) is 114 cm³/mol. The van der Waals surface area contributed by atoms with Gasteiger partial charge < -0.3 is 15.2 Å². The maximum absolute atomic E-state index is 12.2. The van der Waals surface area contributed by atoms with E-state index < -0.39 is 0 Å². The van der Waals surface area contributed by atoms with Crippen molar-refractivity contribution in [3.8, 4) is 11.4 Å². The normalized spacial score (nSPS) is 10.8. The lowest BCUT2D eigenvalue weighted by molar-refractivity contribution is 0.251. The minimum atomic E-state index is -0.293. The van der Waals surface area contributed by atoms with Crippen LogP contribution in [-0.2, 0) is 6.54 Å². The van der Waals surface area contributed by atoms with Gasteiger partial charge in [-0.15, -0.1) is 0 Å². The van der Waals surface area contributed by atoms with Gasteiger partial charge in [-0.05, 0) is 24.3 Å². The number of benzene rings is 3. The number of nitrogens with zero attached hydrogens (tertiary/aromatic N) is 2. The molecule has 2 amide bonds. The largest absolute Gasteiger partial charge is 0.336 e. The lowest BCUT2D eigenvalue weighted by Crippen LogP contribution is -2.31. The van der Waals surface area contributed by atoms with Crippen LogP contribution in [0.2, 0.25) is 5.02 Å². The number of anilines is 1. The monoisotopic (exact) mass is 390 g/mol. The smallest absolute Gasteiger partial charge is 0.319 e. The number of imidazole rings is 1. The molecular formula is C22H19ClN4O. The average molecular weight is 391 g/mol. The number of carbonyl (C=O) groups is 1. The van der Waals surface area contributed by atoms with E-state index in [9.17, 15) is 4.79 Å². The second-order valence-electron chi connectivity index (χ2n) is 6.30. The van der Waals surface area contributed by atoms with Crippen LogP contribution in [0.3, 0.4) is 0 Å². The Hall–Kier alpha value is -3.31. The predicted octanol–water partition coefficient (Wildman–Crippen LogP) is 5.18. The summed E-state index contributed by atoms with van der Waals surface area (Å²) < 4.78 is 2.13. The number of nitrogens with one attached hydrogen (secondary N) is 2. The average Bonchev–Trinajstić information content (AvgIpc) is 3.09. The van der Waals surface area contributed by atoms with E-state index in [4.69, 9.17) is 16.6 Å². The zero-order valence-electron chi connectivity index (χ0n) is 15.1. The number of hydrogen-bond acceptors (Lipinski definition) is 2. The summed E-state index contributed by atoms with van der Waals surface area (Å²) in [5.74, 6) is 0.884. The van der Waals surface area contributed by atoms with Crippen LogP contribution in [0.4, 0.5) is 10.5 Å². The van der Waals surface area contributed by atoms with Crippen molar-refractivity contribution in [2.75, 3.05) is 11.9 Å². The van der Waals surface area contributed by atoms with Crippen LogP contribution in [0.25, 0.3) is 22.4 Å². The van der Waals surface area contributed by atoms with Gasteiger partial charge >= 0.3 is 6.03 Å². The number of rotatable bonds is 5. The molecule has 0 saturated carbocycles. The number of aromatic nitrogens is 2. The SMILES string of the molecule is O=C(NCCn1c(-c2ccccc2)nc2ccccc21)Nc1ccccc1Cl. The molecule has 140 valence electrons. The quantitative estimate of drug-likeness (QED) is 0.493. The van der Waals surface area contributed by atoms with E-state index in [0.29, 0.717) is 23.8 Å². The minimum absolute atomic E-state index is 0.293. The van der Waals surface area contributed by atoms with Crippen molar-refractivity contribution in [3.63, 3.8) is 0 Å². The van der Waals surface area contributed by atoms with Crippen molar-refractivity contribution in [1.82, 2.24) is 14.9 Å². The summed E-state index contributed by atoms with van der Waals surface area (Å²) in [5.41, 5.74) is 3.59. The summed E-state index contributed by atoms with van der Waals surface area (Å²) >= 11 is 6.08. The van der Waals surface area contributed by atoms with Gasteiger partial charge in [-0.1, -0.05) is 66.2 Å². The molecule has 0 saturated heterocycles. The molecule has 0 aliphatic heterocycles. The highest BCUT2D eigenvalue weighted by Crippen LogP contribution is 2.24. The maximum Gasteiger partial charge on any atom is 0.319 e. The number of hydrogen-bond donors (Lipinski definition) is 2. The Morgan fingerprint density at radius 2 is 1.64 bits per heavy atom. The molecule has 4 rings (SSSR count). The highest BCUT2D eigenvalue weighted by molar-refractivity contribution is 6.33. The second kappa shape index (κ2) is 8.15. The van der Waals surface area contributed by atoms with E-state index in [0.717, 1.165) is 22.4 Å². The van der Waals surface area contributed by atoms with Crippen molar-refractivity contribution < 1.29 is 4.79 Å². The molecule has 1 aromatic heterocycles. The highest BCUT2D eigenvalue weighted by Gasteiger charge is 2.12. The fourth-order valence-corrected chi connectivity index (χ4v) is 3.30. The van der Waals surface area contributed by atoms with Gasteiger partial charge in [0.25, 0.3) is 0 Å². The molecule has 4 aromatic rings. The first-order valence-electron chi connectivity index (χ1n) is 9.02. The van der Waals surface area contributed by atoms with Gasteiger partial charge in [-0.2, -0.15) is 0 Å². The van der Waals surface area contributed by atoms with E-state index in [-0.39, 0.29) is 6.03 Å². The molecule has 28 heavy (non-hydrogen) atoms. The molecule has 0 radical (unpaired) electrons. The lowest BCUT2D eigenvalue weighted by atomic mass is 10.2. The van der Waals surface area contributed by atoms with Gasteiger partial charge in [0.05, 0.1) is 21.7 Å². The summed E-state index contributed by atoms with van der Waals surface area (Å²) in [5, 5.41) is 6.15. The van der Waals surface area contributed by atoms with E-state index >= 15 is 0 Å². The van der Waals surface area contributed by atoms with Crippen molar-refractivity contribution in [2.24, 2.45) is 0 Å². The van der Waals surface area contributed by atoms with Crippen LogP contribution in [-0.4, -0.2) is 22.1 Å². The molecule has 6 heteroatoms. The van der Waals surface area contributed by atoms with Gasteiger partial charge in [-0.25, -0.2) is 9.78 Å². The molecule has 0 bridgehead atoms. The fourth-order valence-electron chi connectivity index (χ4n) is 3.12. The highest BCUT2D eigenvalue weighted by atomic mass is 35.5. The van der Waals surface area contributed by atoms with Gasteiger partial charge in [0.15, 0.2) is 0 Å². The molecule has 0 unspecified atom stereocenters. The summed E-state index contributed by atoms with van der Waals surface area (Å²) in [6, 6.07) is 24.9. The van der Waals surface area contributed by atoms with Gasteiger partial charge in [-0.3, -0.25) is 0 Å². The third-order valence-corrected chi connectivity index (χ3v) is 4.76. The molecule has 0 aliphatic rings. The van der Waals surface area contributed by atoms with Crippen LogP contribution in [0.1, 0.15) is 0 Å². The first kappa shape index (κ1) is 18.1. The van der Waals surface area contributed by atoms with Crippen LogP contribution < -0.4 is 10.6 Å². The lowest BCUT2D eigenvalue weighted by Gasteiger charge is -2.12. The Bertz CT molecular complexity index is 1110. The third-order valence-electron chi connectivity index (χ3n) is 4.43. The Morgan fingerprint density at radius 1 is 0.929 bits per heavy atom. The third kappa shape index (κ3) is 3.85. The molecule has 2 N–H and O–H groups in total. The van der Waals surface area contributed by atoms with Crippen molar-refractivity contribution in [3.05, 3.63) is 83.9 Å². The Labute approximate surface area is 168 Å². The second-order valence-corrected chi connectivity index (χ2v) is 6.71. The van der Waals surface area contributed by atoms with Crippen molar-refractivity contribution in [2.45, 2.75) is 6.54 Å². The molecule has 0 atom stereocenters. The molecule has 3 aromatic carbocycles. The number of amides is 2. The number of urea groups is 1. The van der Waals surface area contributed by atoms with Gasteiger partial charge in [0.1, 0.15) is 5.82 Å². The fraction of sp³-hybridized carbons (Fsp3) is 0.0909. The molecule has 5 nitrogen and oxygen atoms in total. The Morgan fingerprint density at radius 3 is 2.46 bits per heavy atom. The molecule has 0 aliphatic carbocycles. The first-order chi connectivity index (χ1) is 13.7. The summed E-state index contributed by atoms with van der Waals surface area (Å²) in [6.07, 6.45) is 0. The van der Waals surface area contributed by atoms with Crippen molar-refractivity contribution >= 4 is 34.4 Å². The number of para-hydroxylation sites is 3. The van der Waals surface area contributed by atoms with E-state index in [1.54, 1.807) is 12.1 Å². The maximum atomic E-state index is 12.2. The van der Waals surface area contributed by atoms with Crippen LogP contribution >= 0.6 is 11.6 Å². The first-order valence-corrected chi connectivity index (χ1v) is 9.40. The van der Waals surface area contributed by atoms with Crippen LogP contribution in [0.5, 0.6) is 0 Å².